The van der Waals surface area contributed by atoms with Crippen LogP contribution in [0.2, 0.25) is 5.02 Å². The summed E-state index contributed by atoms with van der Waals surface area (Å²) in [6.45, 7) is 0. The minimum absolute atomic E-state index is 0.109. The van der Waals surface area contributed by atoms with E-state index in [-0.39, 0.29) is 6.04 Å². The maximum absolute atomic E-state index is 6.41. The van der Waals surface area contributed by atoms with E-state index in [4.69, 9.17) is 36.1 Å². The number of nitrogens with zero attached hydrogens (tertiary/aromatic N) is 5. The zero-order chi connectivity index (χ0) is 28.5. The topological polar surface area (TPSA) is 63.1 Å². The van der Waals surface area contributed by atoms with Gasteiger partial charge in [0.05, 0.1) is 37.2 Å². The number of fused-ring (bicyclic) bond motifs is 1. The summed E-state index contributed by atoms with van der Waals surface area (Å²) in [5, 5.41) is 8.60. The van der Waals surface area contributed by atoms with Crippen molar-refractivity contribution >= 4 is 39.9 Å². The van der Waals surface area contributed by atoms with Gasteiger partial charge in [-0.15, -0.1) is 0 Å². The van der Waals surface area contributed by atoms with Gasteiger partial charge < -0.3 is 14.4 Å². The van der Waals surface area contributed by atoms with E-state index < -0.39 is 0 Å². The monoisotopic (exact) mass is 563 g/mol. The molecule has 6 rings (SSSR count). The van der Waals surface area contributed by atoms with Crippen molar-refractivity contribution in [2.75, 3.05) is 38.2 Å². The second kappa shape index (κ2) is 11.1. The Bertz CT molecular complexity index is 1740. The highest BCUT2D eigenvalue weighted by molar-refractivity contribution is 6.31. The standard InChI is InChI=1S/C33H30ClN5O2/c1-38(2)25-14-10-21(11-15-25)29-20-28(23-12-17-30(40-3)31(18-23)41-4)37-39(29)33-35-27-16-13-24(34)19-26(27)32(36-33)22-8-6-5-7-9-22/h5-19,29H,20H2,1-4H3. The van der Waals surface area contributed by atoms with Crippen LogP contribution in [0.4, 0.5) is 11.6 Å². The number of rotatable bonds is 7. The van der Waals surface area contributed by atoms with Gasteiger partial charge in [-0.25, -0.2) is 15.0 Å². The third-order valence-corrected chi connectivity index (χ3v) is 7.55. The molecule has 0 bridgehead atoms. The van der Waals surface area contributed by atoms with Gasteiger partial charge >= 0.3 is 0 Å². The van der Waals surface area contributed by atoms with Gasteiger partial charge in [0, 0.05) is 47.7 Å². The first kappa shape index (κ1) is 26.6. The molecule has 0 N–H and O–H groups in total. The van der Waals surface area contributed by atoms with Gasteiger partial charge in [0.25, 0.3) is 0 Å². The molecule has 5 aromatic rings. The van der Waals surface area contributed by atoms with Gasteiger partial charge in [-0.3, -0.25) is 0 Å². The number of ether oxygens (including phenoxy) is 2. The molecule has 206 valence electrons. The summed E-state index contributed by atoms with van der Waals surface area (Å²) in [4.78, 5) is 12.2. The fourth-order valence-corrected chi connectivity index (χ4v) is 5.32. The molecule has 2 heterocycles. The SMILES string of the molecule is COc1ccc(C2=NN(c3nc(-c4ccccc4)c4cc(Cl)ccc4n3)C(c3ccc(N(C)C)cc3)C2)cc1OC. The minimum Gasteiger partial charge on any atom is -0.493 e. The summed E-state index contributed by atoms with van der Waals surface area (Å²) >= 11 is 6.41. The van der Waals surface area contributed by atoms with Crippen LogP contribution >= 0.6 is 11.6 Å². The molecule has 1 aliphatic heterocycles. The van der Waals surface area contributed by atoms with Crippen LogP contribution in [-0.2, 0) is 0 Å². The van der Waals surface area contributed by atoms with E-state index in [1.54, 1.807) is 14.2 Å². The van der Waals surface area contributed by atoms with E-state index in [0.29, 0.717) is 28.9 Å². The van der Waals surface area contributed by atoms with Crippen molar-refractivity contribution in [1.82, 2.24) is 9.97 Å². The van der Waals surface area contributed by atoms with Crippen molar-refractivity contribution < 1.29 is 9.47 Å². The Labute approximate surface area is 244 Å². The van der Waals surface area contributed by atoms with Crippen molar-refractivity contribution in [3.63, 3.8) is 0 Å². The second-order valence-corrected chi connectivity index (χ2v) is 10.5. The fraction of sp³-hybridized carbons (Fsp3) is 0.182. The molecule has 8 heteroatoms. The number of aromatic nitrogens is 2. The quantitative estimate of drug-likeness (QED) is 0.206. The van der Waals surface area contributed by atoms with Crippen LogP contribution in [0.25, 0.3) is 22.2 Å². The number of hydrogen-bond donors (Lipinski definition) is 0. The molecule has 0 radical (unpaired) electrons. The molecule has 1 unspecified atom stereocenters. The van der Waals surface area contributed by atoms with Crippen molar-refractivity contribution in [3.8, 4) is 22.8 Å². The van der Waals surface area contributed by atoms with Crippen LogP contribution in [0.3, 0.4) is 0 Å². The molecule has 0 aliphatic carbocycles. The van der Waals surface area contributed by atoms with Crippen molar-refractivity contribution in [2.24, 2.45) is 5.10 Å². The van der Waals surface area contributed by atoms with Gasteiger partial charge in [-0.05, 0) is 54.1 Å². The largest absolute Gasteiger partial charge is 0.493 e. The highest BCUT2D eigenvalue weighted by Gasteiger charge is 2.33. The second-order valence-electron chi connectivity index (χ2n) is 10.1. The fourth-order valence-electron chi connectivity index (χ4n) is 5.15. The first-order chi connectivity index (χ1) is 19.9. The molecule has 0 fully saturated rings. The maximum atomic E-state index is 6.41. The Hall–Kier alpha value is -4.62. The summed E-state index contributed by atoms with van der Waals surface area (Å²) in [6.07, 6.45) is 0.666. The lowest BCUT2D eigenvalue weighted by Crippen LogP contribution is -2.21. The lowest BCUT2D eigenvalue weighted by atomic mass is 9.98. The first-order valence-electron chi connectivity index (χ1n) is 13.3. The third-order valence-electron chi connectivity index (χ3n) is 7.32. The predicted molar refractivity (Wildman–Crippen MR) is 167 cm³/mol. The number of hydrogen-bond acceptors (Lipinski definition) is 7. The molecule has 0 spiro atoms. The first-order valence-corrected chi connectivity index (χ1v) is 13.7. The molecule has 1 aliphatic rings. The average Bonchev–Trinajstić information content (AvgIpc) is 3.46. The maximum Gasteiger partial charge on any atom is 0.247 e. The molecule has 0 amide bonds. The van der Waals surface area contributed by atoms with Gasteiger partial charge in [0.15, 0.2) is 11.5 Å². The number of methoxy groups -OCH3 is 2. The van der Waals surface area contributed by atoms with E-state index in [9.17, 15) is 0 Å². The summed E-state index contributed by atoms with van der Waals surface area (Å²) in [5.74, 6) is 1.85. The Morgan fingerprint density at radius 1 is 0.805 bits per heavy atom. The molecular weight excluding hydrogens is 534 g/mol. The van der Waals surface area contributed by atoms with E-state index in [2.05, 4.69) is 29.2 Å². The summed E-state index contributed by atoms with van der Waals surface area (Å²) < 4.78 is 11.0. The van der Waals surface area contributed by atoms with Gasteiger partial charge in [-0.2, -0.15) is 5.10 Å². The van der Waals surface area contributed by atoms with E-state index >= 15 is 0 Å². The normalized spacial score (nSPS) is 14.7. The molecule has 41 heavy (non-hydrogen) atoms. The zero-order valence-electron chi connectivity index (χ0n) is 23.4. The molecular formula is C33H30ClN5O2. The highest BCUT2D eigenvalue weighted by Crippen LogP contribution is 2.39. The Morgan fingerprint density at radius 3 is 2.27 bits per heavy atom. The molecule has 4 aromatic carbocycles. The van der Waals surface area contributed by atoms with Crippen molar-refractivity contribution in [1.29, 1.82) is 0 Å². The van der Waals surface area contributed by atoms with E-state index in [1.807, 2.05) is 85.8 Å². The van der Waals surface area contributed by atoms with Crippen molar-refractivity contribution in [2.45, 2.75) is 12.5 Å². The van der Waals surface area contributed by atoms with Crippen molar-refractivity contribution in [3.05, 3.63) is 107 Å². The number of hydrazone groups is 1. The summed E-state index contributed by atoms with van der Waals surface area (Å²) in [7, 11) is 7.35. The minimum atomic E-state index is -0.109. The van der Waals surface area contributed by atoms with Gasteiger partial charge in [0.2, 0.25) is 5.95 Å². The molecule has 1 aromatic heterocycles. The summed E-state index contributed by atoms with van der Waals surface area (Å²) in [6, 6.07) is 30.1. The van der Waals surface area contributed by atoms with Crippen LogP contribution in [0, 0.1) is 0 Å². The van der Waals surface area contributed by atoms with E-state index in [0.717, 1.165) is 44.7 Å². The average molecular weight is 564 g/mol. The van der Waals surface area contributed by atoms with Crippen LogP contribution in [0.1, 0.15) is 23.6 Å². The van der Waals surface area contributed by atoms with E-state index in [1.165, 1.54) is 0 Å². The number of anilines is 2. The predicted octanol–water partition coefficient (Wildman–Crippen LogP) is 7.39. The number of halogens is 1. The summed E-state index contributed by atoms with van der Waals surface area (Å²) in [5.41, 5.74) is 6.71. The molecule has 7 nitrogen and oxygen atoms in total. The Morgan fingerprint density at radius 2 is 1.56 bits per heavy atom. The Kier molecular flexibility index (Phi) is 7.20. The third kappa shape index (κ3) is 5.16. The number of benzene rings is 4. The van der Waals surface area contributed by atoms with Crippen LogP contribution in [0.15, 0.2) is 96.1 Å². The van der Waals surface area contributed by atoms with Crippen LogP contribution in [-0.4, -0.2) is 44.0 Å². The highest BCUT2D eigenvalue weighted by atomic mass is 35.5. The van der Waals surface area contributed by atoms with Gasteiger partial charge in [-0.1, -0.05) is 54.1 Å². The zero-order valence-corrected chi connectivity index (χ0v) is 24.1. The van der Waals surface area contributed by atoms with Gasteiger partial charge in [0.1, 0.15) is 0 Å². The lowest BCUT2D eigenvalue weighted by Gasteiger charge is -2.23. The Balaban J connectivity index is 1.51. The smallest absolute Gasteiger partial charge is 0.247 e. The van der Waals surface area contributed by atoms with Crippen LogP contribution < -0.4 is 19.4 Å². The lowest BCUT2D eigenvalue weighted by molar-refractivity contribution is 0.355. The molecule has 1 atom stereocenters. The molecule has 0 saturated heterocycles. The molecule has 0 saturated carbocycles. The van der Waals surface area contributed by atoms with Crippen LogP contribution in [0.5, 0.6) is 11.5 Å².